The summed E-state index contributed by atoms with van der Waals surface area (Å²) in [6.07, 6.45) is 1.90. The first-order valence-electron chi connectivity index (χ1n) is 12.0. The number of anilines is 1. The van der Waals surface area contributed by atoms with Crippen molar-refractivity contribution < 1.29 is 14.3 Å². The van der Waals surface area contributed by atoms with Crippen LogP contribution in [0.25, 0.3) is 10.1 Å². The Morgan fingerprint density at radius 1 is 1.29 bits per heavy atom. The van der Waals surface area contributed by atoms with Gasteiger partial charge in [-0.3, -0.25) is 9.59 Å². The maximum atomic E-state index is 13.9. The fourth-order valence-electron chi connectivity index (χ4n) is 5.39. The molecule has 2 aromatic carbocycles. The van der Waals surface area contributed by atoms with Gasteiger partial charge in [-0.25, -0.2) is 0 Å². The molecule has 1 saturated heterocycles. The number of nitrogens with one attached hydrogen (secondary N) is 2. The van der Waals surface area contributed by atoms with Gasteiger partial charge in [-0.2, -0.15) is 0 Å². The number of amides is 1. The van der Waals surface area contributed by atoms with Gasteiger partial charge in [-0.15, -0.1) is 11.3 Å². The molecule has 1 amide bonds. The van der Waals surface area contributed by atoms with Gasteiger partial charge in [0.05, 0.1) is 22.2 Å². The Balaban J connectivity index is 1.67. The fraction of sp³-hybridized carbons (Fsp3) is 0.385. The van der Waals surface area contributed by atoms with E-state index >= 15 is 0 Å². The number of nitrogen functional groups attached to an aromatic ring is 1. The Labute approximate surface area is 208 Å². The molecule has 35 heavy (non-hydrogen) atoms. The summed E-state index contributed by atoms with van der Waals surface area (Å²) < 4.78 is 6.34. The molecule has 5 rings (SSSR count). The number of benzene rings is 2. The summed E-state index contributed by atoms with van der Waals surface area (Å²) in [4.78, 5) is 27.7. The van der Waals surface area contributed by atoms with Crippen molar-refractivity contribution in [2.45, 2.75) is 44.3 Å². The summed E-state index contributed by atoms with van der Waals surface area (Å²) in [6.45, 7) is 6.02. The van der Waals surface area contributed by atoms with Gasteiger partial charge < -0.3 is 32.6 Å². The summed E-state index contributed by atoms with van der Waals surface area (Å²) in [5.74, 6) is 0.125. The van der Waals surface area contributed by atoms with Crippen LogP contribution in [0.2, 0.25) is 0 Å². The predicted octanol–water partition coefficient (Wildman–Crippen LogP) is 2.46. The maximum Gasteiger partial charge on any atom is 0.262 e. The highest BCUT2D eigenvalue weighted by Crippen LogP contribution is 2.50. The van der Waals surface area contributed by atoms with Crippen LogP contribution in [0.1, 0.15) is 57.7 Å². The molecule has 3 unspecified atom stereocenters. The number of carbonyl (C=O) groups excluding carboxylic acids is 2. The third kappa shape index (κ3) is 3.70. The van der Waals surface area contributed by atoms with Crippen molar-refractivity contribution in [2.24, 2.45) is 11.5 Å². The SMILES string of the molecule is CCOc1ccc(C2(N)C(=O)C(N)c3c(C(=O)NC4CCCNC4)sc4c(N)ccc2c34)c(C)c1. The number of rotatable bonds is 5. The van der Waals surface area contributed by atoms with Gasteiger partial charge in [0.2, 0.25) is 0 Å². The molecule has 0 saturated carbocycles. The van der Waals surface area contributed by atoms with Crippen LogP contribution >= 0.6 is 11.3 Å². The van der Waals surface area contributed by atoms with Crippen molar-refractivity contribution in [2.75, 3.05) is 25.4 Å². The predicted molar refractivity (Wildman–Crippen MR) is 139 cm³/mol. The number of ketones is 1. The zero-order valence-electron chi connectivity index (χ0n) is 19.9. The molecule has 0 radical (unpaired) electrons. The van der Waals surface area contributed by atoms with Crippen LogP contribution in [0, 0.1) is 6.92 Å². The van der Waals surface area contributed by atoms with Crippen molar-refractivity contribution in [1.29, 1.82) is 0 Å². The number of piperidine rings is 1. The van der Waals surface area contributed by atoms with Gasteiger partial charge in [-0.05, 0) is 68.1 Å². The van der Waals surface area contributed by atoms with Gasteiger partial charge in [0.1, 0.15) is 11.3 Å². The zero-order chi connectivity index (χ0) is 24.9. The Morgan fingerprint density at radius 3 is 2.74 bits per heavy atom. The van der Waals surface area contributed by atoms with E-state index in [2.05, 4.69) is 10.6 Å². The summed E-state index contributed by atoms with van der Waals surface area (Å²) in [6, 6.07) is 8.03. The number of Topliss-reactive ketones (excluding diaryl/α,β-unsaturated/α-hetero) is 1. The molecule has 9 heteroatoms. The number of hydrogen-bond donors (Lipinski definition) is 5. The molecule has 1 fully saturated rings. The highest BCUT2D eigenvalue weighted by molar-refractivity contribution is 7.21. The number of ether oxygens (including phenoxy) is 1. The largest absolute Gasteiger partial charge is 0.494 e. The van der Waals surface area contributed by atoms with Crippen LogP contribution in [-0.2, 0) is 10.3 Å². The lowest BCUT2D eigenvalue weighted by Gasteiger charge is -2.37. The molecule has 1 aliphatic heterocycles. The lowest BCUT2D eigenvalue weighted by atomic mass is 9.69. The number of thiophene rings is 1. The lowest BCUT2D eigenvalue weighted by Crippen LogP contribution is -2.53. The average Bonchev–Trinajstić information content (AvgIpc) is 3.25. The third-order valence-corrected chi connectivity index (χ3v) is 8.34. The van der Waals surface area contributed by atoms with Crippen molar-refractivity contribution in [1.82, 2.24) is 10.6 Å². The van der Waals surface area contributed by atoms with Crippen LogP contribution in [0.3, 0.4) is 0 Å². The fourth-order valence-corrected chi connectivity index (χ4v) is 6.59. The van der Waals surface area contributed by atoms with Gasteiger partial charge in [0.15, 0.2) is 5.78 Å². The topological polar surface area (TPSA) is 145 Å². The third-order valence-electron chi connectivity index (χ3n) is 7.09. The minimum Gasteiger partial charge on any atom is -0.494 e. The number of aryl methyl sites for hydroxylation is 1. The molecule has 3 aromatic rings. The first kappa shape index (κ1) is 23.7. The van der Waals surface area contributed by atoms with E-state index in [-0.39, 0.29) is 17.7 Å². The molecule has 0 spiro atoms. The van der Waals surface area contributed by atoms with E-state index in [0.29, 0.717) is 51.5 Å². The summed E-state index contributed by atoms with van der Waals surface area (Å²) in [5.41, 5.74) is 21.6. The van der Waals surface area contributed by atoms with Gasteiger partial charge >= 0.3 is 0 Å². The van der Waals surface area contributed by atoms with Crippen LogP contribution in [0.5, 0.6) is 5.75 Å². The highest BCUT2D eigenvalue weighted by atomic mass is 32.1. The van der Waals surface area contributed by atoms with Crippen molar-refractivity contribution >= 4 is 38.8 Å². The van der Waals surface area contributed by atoms with Crippen LogP contribution in [0.4, 0.5) is 5.69 Å². The molecule has 0 bridgehead atoms. The molecule has 8 N–H and O–H groups in total. The molecule has 2 heterocycles. The summed E-state index contributed by atoms with van der Waals surface area (Å²) in [7, 11) is 0. The van der Waals surface area contributed by atoms with Crippen LogP contribution < -0.4 is 32.6 Å². The molecule has 8 nitrogen and oxygen atoms in total. The standard InChI is InChI=1S/C26H31N5O3S/c1-3-34-15-6-7-16(13(2)11-15)26(29)17-8-9-18(27)22-19(17)20(21(28)24(26)32)23(35-22)25(33)31-14-5-4-10-30-12-14/h6-9,11,14,21,30H,3-5,10,12,27-29H2,1-2H3,(H,31,33). The first-order chi connectivity index (χ1) is 16.8. The van der Waals surface area contributed by atoms with Crippen LogP contribution in [0.15, 0.2) is 30.3 Å². The second-order valence-electron chi connectivity index (χ2n) is 9.33. The second kappa shape index (κ2) is 8.91. The Bertz CT molecular complexity index is 1330. The van der Waals surface area contributed by atoms with Gasteiger partial charge in [-0.1, -0.05) is 12.1 Å². The van der Waals surface area contributed by atoms with E-state index in [1.807, 2.05) is 32.0 Å². The average molecular weight is 494 g/mol. The van der Waals surface area contributed by atoms with E-state index in [1.165, 1.54) is 11.3 Å². The quantitative estimate of drug-likeness (QED) is 0.343. The molecular formula is C26H31N5O3S. The first-order valence-corrected chi connectivity index (χ1v) is 12.8. The molecule has 2 aliphatic rings. The van der Waals surface area contributed by atoms with E-state index in [4.69, 9.17) is 21.9 Å². The van der Waals surface area contributed by atoms with Gasteiger partial charge in [0, 0.05) is 29.2 Å². The zero-order valence-corrected chi connectivity index (χ0v) is 20.8. The highest BCUT2D eigenvalue weighted by Gasteiger charge is 2.49. The molecule has 1 aromatic heterocycles. The smallest absolute Gasteiger partial charge is 0.262 e. The molecule has 3 atom stereocenters. The van der Waals surface area contributed by atoms with Crippen molar-refractivity contribution in [3.8, 4) is 5.75 Å². The van der Waals surface area contributed by atoms with E-state index in [0.717, 1.165) is 29.6 Å². The molecule has 1 aliphatic carbocycles. The molecule has 184 valence electrons. The minimum absolute atomic E-state index is 0.0288. The van der Waals surface area contributed by atoms with Gasteiger partial charge in [0.25, 0.3) is 5.91 Å². The van der Waals surface area contributed by atoms with Crippen LogP contribution in [-0.4, -0.2) is 37.4 Å². The minimum atomic E-state index is -1.48. The van der Waals surface area contributed by atoms with Crippen molar-refractivity contribution in [3.05, 3.63) is 57.5 Å². The normalized spacial score (nSPS) is 23.9. The lowest BCUT2D eigenvalue weighted by molar-refractivity contribution is -0.124. The Morgan fingerprint density at radius 2 is 2.06 bits per heavy atom. The maximum absolute atomic E-state index is 13.9. The van der Waals surface area contributed by atoms with Crippen molar-refractivity contribution in [3.63, 3.8) is 0 Å². The Hall–Kier alpha value is -2.98. The Kier molecular flexibility index (Phi) is 6.04. The summed E-state index contributed by atoms with van der Waals surface area (Å²) in [5, 5.41) is 7.12. The molecular weight excluding hydrogens is 462 g/mol. The summed E-state index contributed by atoms with van der Waals surface area (Å²) >= 11 is 1.28. The number of nitrogens with two attached hydrogens (primary N) is 3. The number of carbonyl (C=O) groups is 2. The second-order valence-corrected chi connectivity index (χ2v) is 10.3. The van der Waals surface area contributed by atoms with E-state index in [9.17, 15) is 9.59 Å². The monoisotopic (exact) mass is 493 g/mol. The van der Waals surface area contributed by atoms with E-state index in [1.54, 1.807) is 12.1 Å². The van der Waals surface area contributed by atoms with E-state index < -0.39 is 11.6 Å². The number of hydrogen-bond acceptors (Lipinski definition) is 8.